The third-order valence-electron chi connectivity index (χ3n) is 3.24. The van der Waals surface area contributed by atoms with Gasteiger partial charge in [0, 0.05) is 0 Å². The molecule has 0 aromatic heterocycles. The van der Waals surface area contributed by atoms with Crippen molar-refractivity contribution in [1.82, 2.24) is 0 Å². The molecule has 3 heteroatoms. The smallest absolute Gasteiger partial charge is 0.134 e. The Morgan fingerprint density at radius 2 is 1.14 bits per heavy atom. The highest BCUT2D eigenvalue weighted by atomic mass is 28.1. The molecule has 2 nitrogen and oxygen atoms in total. The van der Waals surface area contributed by atoms with Gasteiger partial charge in [-0.3, -0.25) is 0 Å². The predicted molar refractivity (Wildman–Crippen MR) is 56.2 cm³/mol. The minimum absolute atomic E-state index is 0.179. The van der Waals surface area contributed by atoms with Gasteiger partial charge in [-0.25, -0.2) is 0 Å². The molecule has 3 radical (unpaired) electrons. The van der Waals surface area contributed by atoms with Crippen molar-refractivity contribution in [2.45, 2.75) is 69.5 Å². The lowest BCUT2D eigenvalue weighted by atomic mass is 10.3. The summed E-state index contributed by atoms with van der Waals surface area (Å²) in [5.74, 6) is -0.179. The van der Waals surface area contributed by atoms with Crippen LogP contribution < -0.4 is 0 Å². The number of ether oxygens (including phenoxy) is 2. The maximum Gasteiger partial charge on any atom is 0.134 e. The summed E-state index contributed by atoms with van der Waals surface area (Å²) < 4.78 is 11.5. The van der Waals surface area contributed by atoms with Crippen LogP contribution in [-0.4, -0.2) is 28.4 Å². The van der Waals surface area contributed by atoms with Crippen molar-refractivity contribution in [2.24, 2.45) is 0 Å². The van der Waals surface area contributed by atoms with E-state index in [2.05, 4.69) is 10.2 Å². The summed E-state index contributed by atoms with van der Waals surface area (Å²) in [6.45, 7) is 0. The highest BCUT2D eigenvalue weighted by Crippen LogP contribution is 2.25. The summed E-state index contributed by atoms with van der Waals surface area (Å²) in [5.41, 5.74) is 0. The van der Waals surface area contributed by atoms with Gasteiger partial charge in [0.15, 0.2) is 0 Å². The van der Waals surface area contributed by atoms with Crippen molar-refractivity contribution in [3.63, 3.8) is 0 Å². The molecule has 2 fully saturated rings. The fourth-order valence-electron chi connectivity index (χ4n) is 2.43. The Morgan fingerprint density at radius 3 is 1.50 bits per heavy atom. The van der Waals surface area contributed by atoms with Crippen LogP contribution in [0, 0.1) is 0 Å². The molecule has 2 aliphatic carbocycles. The Hall–Kier alpha value is 0.137. The molecule has 2 aliphatic rings. The second-order valence-corrected chi connectivity index (χ2v) is 4.89. The summed E-state index contributed by atoms with van der Waals surface area (Å²) in [6, 6.07) is 0. The predicted octanol–water partition coefficient (Wildman–Crippen LogP) is 2.36. The van der Waals surface area contributed by atoms with Gasteiger partial charge < -0.3 is 9.47 Å². The Bertz CT molecular complexity index is 145. The number of hydrogen-bond acceptors (Lipinski definition) is 2. The molecule has 0 N–H and O–H groups in total. The van der Waals surface area contributed by atoms with Crippen LogP contribution in [0.2, 0.25) is 0 Å². The molecule has 0 aromatic rings. The van der Waals surface area contributed by atoms with Crippen molar-refractivity contribution in [3.8, 4) is 0 Å². The van der Waals surface area contributed by atoms with E-state index in [1.807, 2.05) is 0 Å². The molecule has 0 aromatic carbocycles. The van der Waals surface area contributed by atoms with E-state index in [4.69, 9.17) is 9.47 Å². The molecule has 0 atom stereocenters. The Kier molecular flexibility index (Phi) is 4.02. The number of rotatable bonds is 4. The molecule has 0 bridgehead atoms. The minimum Gasteiger partial charge on any atom is -0.354 e. The van der Waals surface area contributed by atoms with Crippen LogP contribution in [0.4, 0.5) is 0 Å². The van der Waals surface area contributed by atoms with Crippen molar-refractivity contribution in [2.75, 3.05) is 0 Å². The molecule has 0 amide bonds. The fourth-order valence-corrected chi connectivity index (χ4v) is 2.82. The SMILES string of the molecule is [Si]C(OC1CCCC1)OC1CCCC1. The molecule has 0 heterocycles. The van der Waals surface area contributed by atoms with Crippen LogP contribution in [0.1, 0.15) is 51.4 Å². The van der Waals surface area contributed by atoms with E-state index in [0.29, 0.717) is 12.2 Å². The first-order valence-electron chi connectivity index (χ1n) is 5.86. The molecular weight excluding hydrogens is 192 g/mol. The van der Waals surface area contributed by atoms with Crippen LogP contribution in [-0.2, 0) is 9.47 Å². The summed E-state index contributed by atoms with van der Waals surface area (Å²) in [7, 11) is 3.51. The maximum absolute atomic E-state index is 5.76. The van der Waals surface area contributed by atoms with Gasteiger partial charge in [-0.2, -0.15) is 0 Å². The first-order valence-corrected chi connectivity index (χ1v) is 6.44. The normalized spacial score (nSPS) is 25.3. The van der Waals surface area contributed by atoms with Crippen LogP contribution in [0.15, 0.2) is 0 Å². The van der Waals surface area contributed by atoms with Gasteiger partial charge in [0.25, 0.3) is 0 Å². The van der Waals surface area contributed by atoms with E-state index in [1.54, 1.807) is 0 Å². The Balaban J connectivity index is 1.64. The van der Waals surface area contributed by atoms with Gasteiger partial charge in [0.05, 0.1) is 12.2 Å². The van der Waals surface area contributed by atoms with Gasteiger partial charge in [0.2, 0.25) is 0 Å². The molecule has 2 saturated carbocycles. The molecule has 0 unspecified atom stereocenters. The molecular formula is C11H19O2Si. The monoisotopic (exact) mass is 211 g/mol. The lowest BCUT2D eigenvalue weighted by molar-refractivity contribution is -0.144. The van der Waals surface area contributed by atoms with E-state index in [1.165, 1.54) is 51.4 Å². The average Bonchev–Trinajstić information content (AvgIpc) is 2.76. The van der Waals surface area contributed by atoms with Crippen molar-refractivity contribution < 1.29 is 9.47 Å². The Morgan fingerprint density at radius 1 is 0.786 bits per heavy atom. The third kappa shape index (κ3) is 3.07. The standard InChI is InChI=1S/C11H19O2Si/c14-11(12-9-5-1-2-6-9)13-10-7-3-4-8-10/h9-11H,1-8H2. The summed E-state index contributed by atoms with van der Waals surface area (Å²) in [6.07, 6.45) is 10.9. The van der Waals surface area contributed by atoms with E-state index in [0.717, 1.165) is 0 Å². The highest BCUT2D eigenvalue weighted by molar-refractivity contribution is 6.10. The van der Waals surface area contributed by atoms with Crippen LogP contribution in [0.25, 0.3) is 0 Å². The molecule has 0 aliphatic heterocycles. The molecule has 79 valence electrons. The van der Waals surface area contributed by atoms with Crippen molar-refractivity contribution in [1.29, 1.82) is 0 Å². The van der Waals surface area contributed by atoms with E-state index in [9.17, 15) is 0 Å². The average molecular weight is 211 g/mol. The van der Waals surface area contributed by atoms with Gasteiger partial charge >= 0.3 is 0 Å². The zero-order valence-electron chi connectivity index (χ0n) is 8.71. The van der Waals surface area contributed by atoms with Crippen LogP contribution in [0.5, 0.6) is 0 Å². The van der Waals surface area contributed by atoms with Gasteiger partial charge in [0.1, 0.15) is 16.2 Å². The fraction of sp³-hybridized carbons (Fsp3) is 1.00. The first-order chi connectivity index (χ1) is 6.84. The lowest BCUT2D eigenvalue weighted by Gasteiger charge is -2.22. The second kappa shape index (κ2) is 5.28. The third-order valence-corrected chi connectivity index (χ3v) is 3.51. The van der Waals surface area contributed by atoms with Gasteiger partial charge in [-0.05, 0) is 25.7 Å². The van der Waals surface area contributed by atoms with E-state index >= 15 is 0 Å². The lowest BCUT2D eigenvalue weighted by Crippen LogP contribution is -2.27. The summed E-state index contributed by atoms with van der Waals surface area (Å²) in [4.78, 5) is 0. The molecule has 0 spiro atoms. The van der Waals surface area contributed by atoms with E-state index in [-0.39, 0.29) is 5.91 Å². The van der Waals surface area contributed by atoms with Crippen LogP contribution >= 0.6 is 0 Å². The van der Waals surface area contributed by atoms with Gasteiger partial charge in [-0.1, -0.05) is 25.7 Å². The first kappa shape index (κ1) is 10.6. The van der Waals surface area contributed by atoms with Crippen molar-refractivity contribution in [3.05, 3.63) is 0 Å². The Labute approximate surface area is 89.8 Å². The maximum atomic E-state index is 5.76. The summed E-state index contributed by atoms with van der Waals surface area (Å²) >= 11 is 0. The van der Waals surface area contributed by atoms with E-state index < -0.39 is 0 Å². The van der Waals surface area contributed by atoms with Gasteiger partial charge in [-0.15, -0.1) is 0 Å². The minimum atomic E-state index is -0.179. The zero-order valence-corrected chi connectivity index (χ0v) is 9.71. The largest absolute Gasteiger partial charge is 0.354 e. The topological polar surface area (TPSA) is 18.5 Å². The molecule has 2 rings (SSSR count). The summed E-state index contributed by atoms with van der Waals surface area (Å²) in [5, 5.41) is 0. The quantitative estimate of drug-likeness (QED) is 0.525. The second-order valence-electron chi connectivity index (χ2n) is 4.42. The molecule has 14 heavy (non-hydrogen) atoms. The number of hydrogen-bond donors (Lipinski definition) is 0. The zero-order chi connectivity index (χ0) is 9.80. The molecule has 0 saturated heterocycles. The van der Waals surface area contributed by atoms with Crippen molar-refractivity contribution >= 4 is 10.2 Å². The highest BCUT2D eigenvalue weighted by Gasteiger charge is 2.22. The van der Waals surface area contributed by atoms with Crippen LogP contribution in [0.3, 0.4) is 0 Å².